The van der Waals surface area contributed by atoms with E-state index in [1.807, 2.05) is 30.3 Å². The molecule has 3 N–H and O–H groups in total. The molecule has 0 saturated carbocycles. The second-order valence-electron chi connectivity index (χ2n) is 7.40. The van der Waals surface area contributed by atoms with Crippen LogP contribution in [0.25, 0.3) is 11.3 Å². The maximum atomic E-state index is 10.9. The van der Waals surface area contributed by atoms with Gasteiger partial charge in [0, 0.05) is 29.7 Å². The number of aliphatic carboxylic acids is 1. The topological polar surface area (TPSA) is 100 Å². The van der Waals surface area contributed by atoms with E-state index in [1.54, 1.807) is 12.4 Å². The van der Waals surface area contributed by atoms with Crippen molar-refractivity contribution >= 4 is 23.4 Å². The summed E-state index contributed by atoms with van der Waals surface area (Å²) in [5.41, 5.74) is 3.73. The van der Waals surface area contributed by atoms with E-state index >= 15 is 0 Å². The van der Waals surface area contributed by atoms with Gasteiger partial charge in [-0.15, -0.1) is 0 Å². The van der Waals surface area contributed by atoms with Crippen LogP contribution in [-0.2, 0) is 10.2 Å². The average molecular weight is 377 g/mol. The van der Waals surface area contributed by atoms with Crippen molar-refractivity contribution in [1.29, 1.82) is 0 Å². The van der Waals surface area contributed by atoms with E-state index in [9.17, 15) is 4.79 Å². The third-order valence-corrected chi connectivity index (χ3v) is 4.12. The van der Waals surface area contributed by atoms with Gasteiger partial charge in [0.2, 0.25) is 5.95 Å². The Balaban J connectivity index is 1.90. The summed E-state index contributed by atoms with van der Waals surface area (Å²) in [6.07, 6.45) is 3.36. The Kier molecular flexibility index (Phi) is 5.54. The van der Waals surface area contributed by atoms with E-state index in [0.717, 1.165) is 11.3 Å². The number of anilines is 3. The predicted molar refractivity (Wildman–Crippen MR) is 110 cm³/mol. The van der Waals surface area contributed by atoms with Gasteiger partial charge in [0.25, 0.3) is 0 Å². The van der Waals surface area contributed by atoms with Crippen molar-refractivity contribution in [3.63, 3.8) is 0 Å². The van der Waals surface area contributed by atoms with Crippen LogP contribution in [0.15, 0.2) is 54.9 Å². The monoisotopic (exact) mass is 377 g/mol. The van der Waals surface area contributed by atoms with Gasteiger partial charge >= 0.3 is 5.97 Å². The molecular weight excluding hydrogens is 354 g/mol. The summed E-state index contributed by atoms with van der Waals surface area (Å²) in [7, 11) is 0. The molecular formula is C21H23N5O2. The summed E-state index contributed by atoms with van der Waals surface area (Å²) in [4.78, 5) is 23.7. The SMILES string of the molecule is CC(C)(C)c1ccc(Nc2cc(-c3ccncc3)nc(NCC(=O)O)n2)cc1. The Morgan fingerprint density at radius 1 is 1.04 bits per heavy atom. The van der Waals surface area contributed by atoms with Crippen molar-refractivity contribution in [2.75, 3.05) is 17.2 Å². The number of benzene rings is 1. The van der Waals surface area contributed by atoms with E-state index in [-0.39, 0.29) is 17.9 Å². The van der Waals surface area contributed by atoms with Crippen LogP contribution in [0.2, 0.25) is 0 Å². The second kappa shape index (κ2) is 8.04. The van der Waals surface area contributed by atoms with Gasteiger partial charge in [-0.25, -0.2) is 4.98 Å². The molecule has 0 aliphatic carbocycles. The Morgan fingerprint density at radius 2 is 1.71 bits per heavy atom. The zero-order valence-electron chi connectivity index (χ0n) is 16.1. The maximum Gasteiger partial charge on any atom is 0.322 e. The van der Waals surface area contributed by atoms with Gasteiger partial charge in [0.05, 0.1) is 5.69 Å². The summed E-state index contributed by atoms with van der Waals surface area (Å²) >= 11 is 0. The molecule has 0 aliphatic heterocycles. The lowest BCUT2D eigenvalue weighted by Gasteiger charge is -2.19. The molecule has 0 amide bonds. The van der Waals surface area contributed by atoms with Crippen LogP contribution in [0.4, 0.5) is 17.5 Å². The molecule has 0 unspecified atom stereocenters. The highest BCUT2D eigenvalue weighted by Crippen LogP contribution is 2.26. The number of nitrogens with one attached hydrogen (secondary N) is 2. The lowest BCUT2D eigenvalue weighted by Crippen LogP contribution is -2.15. The molecule has 0 spiro atoms. The Labute approximate surface area is 163 Å². The smallest absolute Gasteiger partial charge is 0.322 e. The zero-order valence-corrected chi connectivity index (χ0v) is 16.1. The van der Waals surface area contributed by atoms with Crippen LogP contribution in [-0.4, -0.2) is 32.6 Å². The third-order valence-electron chi connectivity index (χ3n) is 4.12. The number of hydrogen-bond acceptors (Lipinski definition) is 6. The summed E-state index contributed by atoms with van der Waals surface area (Å²) in [6.45, 7) is 6.24. The molecule has 28 heavy (non-hydrogen) atoms. The molecule has 3 aromatic rings. The second-order valence-corrected chi connectivity index (χ2v) is 7.40. The lowest BCUT2D eigenvalue weighted by atomic mass is 9.87. The van der Waals surface area contributed by atoms with Gasteiger partial charge in [-0.1, -0.05) is 32.9 Å². The summed E-state index contributed by atoms with van der Waals surface area (Å²) in [5.74, 6) is -0.172. The molecule has 7 nitrogen and oxygen atoms in total. The van der Waals surface area contributed by atoms with Crippen molar-refractivity contribution in [2.45, 2.75) is 26.2 Å². The molecule has 2 aromatic heterocycles. The number of carboxylic acids is 1. The molecule has 7 heteroatoms. The number of pyridine rings is 1. The predicted octanol–water partition coefficient (Wildman–Crippen LogP) is 4.08. The quantitative estimate of drug-likeness (QED) is 0.595. The largest absolute Gasteiger partial charge is 0.480 e. The van der Waals surface area contributed by atoms with Crippen LogP contribution >= 0.6 is 0 Å². The van der Waals surface area contributed by atoms with Gasteiger partial charge < -0.3 is 15.7 Å². The molecule has 0 fully saturated rings. The van der Waals surface area contributed by atoms with Gasteiger partial charge in [-0.3, -0.25) is 9.78 Å². The molecule has 0 aliphatic rings. The normalized spacial score (nSPS) is 11.1. The molecule has 0 bridgehead atoms. The van der Waals surface area contributed by atoms with Gasteiger partial charge in [0.1, 0.15) is 12.4 Å². The maximum absolute atomic E-state index is 10.9. The fourth-order valence-corrected chi connectivity index (χ4v) is 2.62. The van der Waals surface area contributed by atoms with Crippen LogP contribution in [0.5, 0.6) is 0 Å². The standard InChI is InChI=1S/C21H23N5O2/c1-21(2,3)15-4-6-16(7-5-15)24-18-12-17(14-8-10-22-11-9-14)25-20(26-18)23-13-19(27)28/h4-12H,13H2,1-3H3,(H,27,28)(H2,23,24,25,26). The first-order chi connectivity index (χ1) is 13.3. The third kappa shape index (κ3) is 5.03. The van der Waals surface area contributed by atoms with Crippen LogP contribution < -0.4 is 10.6 Å². The van der Waals surface area contributed by atoms with Crippen LogP contribution in [0.1, 0.15) is 26.3 Å². The molecule has 1 aromatic carbocycles. The Hall–Kier alpha value is -3.48. The average Bonchev–Trinajstić information content (AvgIpc) is 2.67. The van der Waals surface area contributed by atoms with Crippen LogP contribution in [0, 0.1) is 0 Å². The minimum absolute atomic E-state index is 0.0792. The highest BCUT2D eigenvalue weighted by atomic mass is 16.4. The number of hydrogen-bond donors (Lipinski definition) is 3. The fraction of sp³-hybridized carbons (Fsp3) is 0.238. The highest BCUT2D eigenvalue weighted by molar-refractivity contribution is 5.73. The van der Waals surface area contributed by atoms with Gasteiger partial charge in [0.15, 0.2) is 0 Å². The molecule has 0 radical (unpaired) electrons. The van der Waals surface area contributed by atoms with Gasteiger partial charge in [-0.05, 0) is 35.2 Å². The number of aromatic nitrogens is 3. The summed E-state index contributed by atoms with van der Waals surface area (Å²) < 4.78 is 0. The van der Waals surface area contributed by atoms with Gasteiger partial charge in [-0.2, -0.15) is 4.98 Å². The van der Waals surface area contributed by atoms with E-state index in [0.29, 0.717) is 11.5 Å². The van der Waals surface area contributed by atoms with E-state index in [1.165, 1.54) is 5.56 Å². The summed E-state index contributed by atoms with van der Waals surface area (Å²) in [6, 6.07) is 13.7. The first-order valence-corrected chi connectivity index (χ1v) is 8.94. The minimum atomic E-state index is -0.981. The lowest BCUT2D eigenvalue weighted by molar-refractivity contribution is -0.134. The van der Waals surface area contributed by atoms with E-state index in [2.05, 4.69) is 58.5 Å². The zero-order chi connectivity index (χ0) is 20.1. The molecule has 0 saturated heterocycles. The van der Waals surface area contributed by atoms with Crippen LogP contribution in [0.3, 0.4) is 0 Å². The highest BCUT2D eigenvalue weighted by Gasteiger charge is 2.13. The number of carboxylic acid groups (broad SMARTS) is 1. The minimum Gasteiger partial charge on any atom is -0.480 e. The van der Waals surface area contributed by atoms with Crippen molar-refractivity contribution in [1.82, 2.24) is 15.0 Å². The van der Waals surface area contributed by atoms with E-state index in [4.69, 9.17) is 5.11 Å². The molecule has 2 heterocycles. The van der Waals surface area contributed by atoms with Crippen molar-refractivity contribution in [2.24, 2.45) is 0 Å². The number of nitrogens with zero attached hydrogens (tertiary/aromatic N) is 3. The molecule has 3 rings (SSSR count). The first kappa shape index (κ1) is 19.3. The Morgan fingerprint density at radius 3 is 2.32 bits per heavy atom. The van der Waals surface area contributed by atoms with Crippen molar-refractivity contribution in [3.8, 4) is 11.3 Å². The first-order valence-electron chi connectivity index (χ1n) is 8.94. The number of carbonyl (C=O) groups is 1. The fourth-order valence-electron chi connectivity index (χ4n) is 2.62. The van der Waals surface area contributed by atoms with Crippen molar-refractivity contribution in [3.05, 3.63) is 60.4 Å². The molecule has 0 atom stereocenters. The number of rotatable bonds is 6. The van der Waals surface area contributed by atoms with E-state index < -0.39 is 5.97 Å². The Bertz CT molecular complexity index is 951. The summed E-state index contributed by atoms with van der Waals surface area (Å²) in [5, 5.41) is 14.9. The van der Waals surface area contributed by atoms with Crippen molar-refractivity contribution < 1.29 is 9.90 Å². The molecule has 144 valence electrons.